The smallest absolute Gasteiger partial charge is 0.326 e. The SMILES string of the molecule is CC[C@@H](NC(=O)Nc1ccc(Br)c2ccccc12)C(=O)O. The summed E-state index contributed by atoms with van der Waals surface area (Å²) in [7, 11) is 0. The molecule has 2 aromatic rings. The van der Waals surface area contributed by atoms with Crippen LogP contribution < -0.4 is 10.6 Å². The molecule has 0 saturated carbocycles. The van der Waals surface area contributed by atoms with Crippen LogP contribution in [0, 0.1) is 0 Å². The van der Waals surface area contributed by atoms with Crippen LogP contribution in [0.4, 0.5) is 10.5 Å². The van der Waals surface area contributed by atoms with Crippen molar-refractivity contribution in [2.45, 2.75) is 19.4 Å². The van der Waals surface area contributed by atoms with Crippen molar-refractivity contribution in [3.8, 4) is 0 Å². The highest BCUT2D eigenvalue weighted by molar-refractivity contribution is 9.10. The Hall–Kier alpha value is -2.08. The molecule has 0 heterocycles. The van der Waals surface area contributed by atoms with Crippen LogP contribution in [0.3, 0.4) is 0 Å². The molecule has 0 radical (unpaired) electrons. The van der Waals surface area contributed by atoms with Gasteiger partial charge in [0, 0.05) is 9.86 Å². The average Bonchev–Trinajstić information content (AvgIpc) is 2.47. The molecule has 3 N–H and O–H groups in total. The molecular formula is C15H15BrN2O3. The Morgan fingerprint density at radius 1 is 1.19 bits per heavy atom. The lowest BCUT2D eigenvalue weighted by Crippen LogP contribution is -2.42. The molecule has 0 spiro atoms. The first-order valence-corrected chi connectivity index (χ1v) is 7.29. The third-order valence-corrected chi connectivity index (χ3v) is 3.82. The molecule has 0 bridgehead atoms. The number of benzene rings is 2. The Bertz CT molecular complexity index is 688. The molecule has 2 amide bonds. The van der Waals surface area contributed by atoms with E-state index in [1.807, 2.05) is 30.3 Å². The number of carbonyl (C=O) groups is 2. The quantitative estimate of drug-likeness (QED) is 0.788. The summed E-state index contributed by atoms with van der Waals surface area (Å²) in [5, 5.41) is 15.9. The molecule has 0 saturated heterocycles. The normalized spacial score (nSPS) is 11.9. The number of anilines is 1. The van der Waals surface area contributed by atoms with Crippen LogP contribution in [0.1, 0.15) is 13.3 Å². The number of rotatable bonds is 4. The van der Waals surface area contributed by atoms with Crippen LogP contribution in [-0.2, 0) is 4.79 Å². The maximum Gasteiger partial charge on any atom is 0.326 e. The second kappa shape index (κ2) is 6.58. The van der Waals surface area contributed by atoms with E-state index in [9.17, 15) is 9.59 Å². The molecular weight excluding hydrogens is 336 g/mol. The van der Waals surface area contributed by atoms with Gasteiger partial charge in [0.25, 0.3) is 0 Å². The number of halogens is 1. The Kier molecular flexibility index (Phi) is 4.80. The monoisotopic (exact) mass is 350 g/mol. The van der Waals surface area contributed by atoms with Crippen LogP contribution in [-0.4, -0.2) is 23.1 Å². The number of carboxylic acids is 1. The van der Waals surface area contributed by atoms with E-state index in [2.05, 4.69) is 26.6 Å². The van der Waals surface area contributed by atoms with E-state index in [4.69, 9.17) is 5.11 Å². The number of nitrogens with one attached hydrogen (secondary N) is 2. The number of hydrogen-bond donors (Lipinski definition) is 3. The lowest BCUT2D eigenvalue weighted by molar-refractivity contribution is -0.139. The maximum absolute atomic E-state index is 11.9. The molecule has 0 aromatic heterocycles. The summed E-state index contributed by atoms with van der Waals surface area (Å²) in [6, 6.07) is 9.81. The Balaban J connectivity index is 2.22. The van der Waals surface area contributed by atoms with Crippen molar-refractivity contribution in [1.82, 2.24) is 5.32 Å². The van der Waals surface area contributed by atoms with Crippen molar-refractivity contribution in [2.24, 2.45) is 0 Å². The summed E-state index contributed by atoms with van der Waals surface area (Å²) in [4.78, 5) is 22.8. The van der Waals surface area contributed by atoms with Crippen LogP contribution in [0.5, 0.6) is 0 Å². The van der Waals surface area contributed by atoms with Gasteiger partial charge in [-0.05, 0) is 23.9 Å². The molecule has 0 aliphatic heterocycles. The van der Waals surface area contributed by atoms with Gasteiger partial charge in [-0.25, -0.2) is 9.59 Å². The highest BCUT2D eigenvalue weighted by Gasteiger charge is 2.17. The third kappa shape index (κ3) is 3.52. The van der Waals surface area contributed by atoms with E-state index in [1.54, 1.807) is 13.0 Å². The van der Waals surface area contributed by atoms with E-state index in [-0.39, 0.29) is 0 Å². The van der Waals surface area contributed by atoms with Gasteiger partial charge in [0.15, 0.2) is 0 Å². The van der Waals surface area contributed by atoms with Crippen molar-refractivity contribution in [3.63, 3.8) is 0 Å². The van der Waals surface area contributed by atoms with Crippen molar-refractivity contribution in [1.29, 1.82) is 0 Å². The summed E-state index contributed by atoms with van der Waals surface area (Å²) in [6.45, 7) is 1.70. The lowest BCUT2D eigenvalue weighted by Gasteiger charge is -2.14. The fourth-order valence-corrected chi connectivity index (χ4v) is 2.50. The van der Waals surface area contributed by atoms with Crippen molar-refractivity contribution in [3.05, 3.63) is 40.9 Å². The topological polar surface area (TPSA) is 78.4 Å². The fraction of sp³-hybridized carbons (Fsp3) is 0.200. The lowest BCUT2D eigenvalue weighted by atomic mass is 10.1. The zero-order valence-electron chi connectivity index (χ0n) is 11.4. The Morgan fingerprint density at radius 2 is 1.86 bits per heavy atom. The first-order valence-electron chi connectivity index (χ1n) is 6.50. The van der Waals surface area contributed by atoms with E-state index in [1.165, 1.54) is 0 Å². The molecule has 2 rings (SSSR count). The van der Waals surface area contributed by atoms with Gasteiger partial charge < -0.3 is 15.7 Å². The predicted molar refractivity (Wildman–Crippen MR) is 85.5 cm³/mol. The van der Waals surface area contributed by atoms with E-state index in [0.29, 0.717) is 12.1 Å². The summed E-state index contributed by atoms with van der Waals surface area (Å²) >= 11 is 3.46. The van der Waals surface area contributed by atoms with Gasteiger partial charge in [-0.2, -0.15) is 0 Å². The van der Waals surface area contributed by atoms with E-state index >= 15 is 0 Å². The Labute approximate surface area is 130 Å². The standard InChI is InChI=1S/C15H15BrN2O3/c1-2-12(14(19)20)17-15(21)18-13-8-7-11(16)9-5-3-4-6-10(9)13/h3-8,12H,2H2,1H3,(H,19,20)(H2,17,18,21)/t12-/m1/s1. The summed E-state index contributed by atoms with van der Waals surface area (Å²) in [6.07, 6.45) is 0.323. The van der Waals surface area contributed by atoms with Gasteiger partial charge in [-0.3, -0.25) is 0 Å². The van der Waals surface area contributed by atoms with Gasteiger partial charge in [-0.15, -0.1) is 0 Å². The number of amides is 2. The largest absolute Gasteiger partial charge is 0.480 e. The average molecular weight is 351 g/mol. The Morgan fingerprint density at radius 3 is 2.48 bits per heavy atom. The maximum atomic E-state index is 11.9. The summed E-state index contributed by atoms with van der Waals surface area (Å²) in [5.74, 6) is -1.05. The molecule has 21 heavy (non-hydrogen) atoms. The van der Waals surface area contributed by atoms with Crippen LogP contribution in [0.2, 0.25) is 0 Å². The number of carboxylic acid groups (broad SMARTS) is 1. The minimum atomic E-state index is -1.05. The zero-order valence-corrected chi connectivity index (χ0v) is 13.0. The molecule has 0 unspecified atom stereocenters. The second-order valence-corrected chi connectivity index (χ2v) is 5.39. The van der Waals surface area contributed by atoms with E-state index < -0.39 is 18.0 Å². The van der Waals surface area contributed by atoms with Crippen molar-refractivity contribution in [2.75, 3.05) is 5.32 Å². The van der Waals surface area contributed by atoms with Crippen molar-refractivity contribution >= 4 is 44.4 Å². The van der Waals surface area contributed by atoms with Gasteiger partial charge >= 0.3 is 12.0 Å². The van der Waals surface area contributed by atoms with Crippen LogP contribution in [0.15, 0.2) is 40.9 Å². The molecule has 110 valence electrons. The molecule has 0 fully saturated rings. The van der Waals surface area contributed by atoms with E-state index in [0.717, 1.165) is 15.2 Å². The summed E-state index contributed by atoms with van der Waals surface area (Å²) in [5.41, 5.74) is 0.631. The molecule has 1 atom stereocenters. The third-order valence-electron chi connectivity index (χ3n) is 3.13. The number of fused-ring (bicyclic) bond motifs is 1. The van der Waals surface area contributed by atoms with Gasteiger partial charge in [-0.1, -0.05) is 47.1 Å². The predicted octanol–water partition coefficient (Wildman–Crippen LogP) is 3.59. The first-order chi connectivity index (χ1) is 10.0. The fourth-order valence-electron chi connectivity index (χ4n) is 2.03. The molecule has 6 heteroatoms. The summed E-state index contributed by atoms with van der Waals surface area (Å²) < 4.78 is 0.932. The van der Waals surface area contributed by atoms with Gasteiger partial charge in [0.1, 0.15) is 6.04 Å². The molecule has 0 aliphatic carbocycles. The number of aliphatic carboxylic acids is 1. The number of carbonyl (C=O) groups excluding carboxylic acids is 1. The van der Waals surface area contributed by atoms with Gasteiger partial charge in [0.05, 0.1) is 5.69 Å². The minimum Gasteiger partial charge on any atom is -0.480 e. The van der Waals surface area contributed by atoms with Crippen molar-refractivity contribution < 1.29 is 14.7 Å². The number of urea groups is 1. The first kappa shape index (κ1) is 15.3. The number of hydrogen-bond acceptors (Lipinski definition) is 2. The molecule has 0 aliphatic rings. The highest BCUT2D eigenvalue weighted by Crippen LogP contribution is 2.29. The van der Waals surface area contributed by atoms with Crippen LogP contribution in [0.25, 0.3) is 10.8 Å². The zero-order chi connectivity index (χ0) is 15.4. The molecule has 5 nitrogen and oxygen atoms in total. The van der Waals surface area contributed by atoms with Crippen LogP contribution >= 0.6 is 15.9 Å². The highest BCUT2D eigenvalue weighted by atomic mass is 79.9. The minimum absolute atomic E-state index is 0.323. The molecule has 2 aromatic carbocycles. The van der Waals surface area contributed by atoms with Gasteiger partial charge in [0.2, 0.25) is 0 Å². The second-order valence-electron chi connectivity index (χ2n) is 4.54.